The number of hydrogen-bond acceptors (Lipinski definition) is 0. The molecule has 0 amide bonds. The van der Waals surface area contributed by atoms with E-state index >= 15 is 0 Å². The lowest BCUT2D eigenvalue weighted by Crippen LogP contribution is -2.04. The Hall–Kier alpha value is -7.28. The topological polar surface area (TPSA) is 0 Å². The van der Waals surface area contributed by atoms with Crippen LogP contribution in [0.15, 0.2) is 243 Å². The van der Waals surface area contributed by atoms with E-state index in [2.05, 4.69) is 243 Å². The van der Waals surface area contributed by atoms with Crippen LogP contribution in [-0.2, 0) is 0 Å². The third-order valence-corrected chi connectivity index (χ3v) is 11.8. The van der Waals surface area contributed by atoms with Crippen molar-refractivity contribution in [2.45, 2.75) is 11.8 Å². The maximum Gasteiger partial charge on any atom is 0.0340 e. The lowest BCUT2D eigenvalue weighted by atomic mass is 9.83. The van der Waals surface area contributed by atoms with Gasteiger partial charge in [-0.05, 0) is 88.3 Å². The third-order valence-electron chi connectivity index (χ3n) is 11.8. The van der Waals surface area contributed by atoms with Crippen LogP contribution in [0.3, 0.4) is 0 Å². The summed E-state index contributed by atoms with van der Waals surface area (Å²) in [7, 11) is 0. The van der Waals surface area contributed by atoms with Crippen molar-refractivity contribution in [3.63, 3.8) is 0 Å². The quantitative estimate of drug-likeness (QED) is 0.129. The molecule has 0 N–H and O–H groups in total. The Morgan fingerprint density at radius 3 is 0.828 bits per heavy atom. The minimum absolute atomic E-state index is 0.123. The lowest BCUT2D eigenvalue weighted by molar-refractivity contribution is 0.976. The molecule has 0 fully saturated rings. The highest BCUT2D eigenvalue weighted by Gasteiger charge is 2.19. The summed E-state index contributed by atoms with van der Waals surface area (Å²) < 4.78 is 0. The summed E-state index contributed by atoms with van der Waals surface area (Å²) in [6, 6.07) is 88.9. The van der Waals surface area contributed by atoms with E-state index in [0.717, 1.165) is 0 Å². The van der Waals surface area contributed by atoms with E-state index in [1.54, 1.807) is 0 Å². The molecule has 0 saturated carbocycles. The Labute approximate surface area is 341 Å². The maximum atomic E-state index is 2.31. The predicted molar refractivity (Wildman–Crippen MR) is 245 cm³/mol. The molecule has 0 heterocycles. The molecule has 10 rings (SSSR count). The lowest BCUT2D eigenvalue weighted by Gasteiger charge is -2.21. The molecule has 58 heavy (non-hydrogen) atoms. The smallest absolute Gasteiger partial charge is 0.0340 e. The van der Waals surface area contributed by atoms with Gasteiger partial charge in [0.25, 0.3) is 0 Å². The second-order valence-corrected chi connectivity index (χ2v) is 15.2. The van der Waals surface area contributed by atoms with Gasteiger partial charge >= 0.3 is 0 Å². The Morgan fingerprint density at radius 2 is 0.466 bits per heavy atom. The molecule has 0 aromatic heterocycles. The first-order valence-electron chi connectivity index (χ1n) is 20.2. The summed E-state index contributed by atoms with van der Waals surface area (Å²) in [5, 5.41) is 5.09. The summed E-state index contributed by atoms with van der Waals surface area (Å²) in [6.45, 7) is 0. The highest BCUT2D eigenvalue weighted by molar-refractivity contribution is 5.97. The molecule has 0 nitrogen and oxygen atoms in total. The second kappa shape index (κ2) is 15.7. The fourth-order valence-corrected chi connectivity index (χ4v) is 8.85. The van der Waals surface area contributed by atoms with Gasteiger partial charge in [0.05, 0.1) is 0 Å². The van der Waals surface area contributed by atoms with Crippen molar-refractivity contribution in [1.82, 2.24) is 0 Å². The molecule has 0 radical (unpaired) electrons. The normalized spacial score (nSPS) is 12.3. The highest BCUT2D eigenvalue weighted by Crippen LogP contribution is 2.38. The highest BCUT2D eigenvalue weighted by atomic mass is 14.2. The van der Waals surface area contributed by atoms with Crippen molar-refractivity contribution < 1.29 is 0 Å². The largest absolute Gasteiger partial charge is 0.0622 e. The van der Waals surface area contributed by atoms with Crippen molar-refractivity contribution >= 4 is 21.5 Å². The van der Waals surface area contributed by atoms with E-state index in [-0.39, 0.29) is 11.8 Å². The first-order valence-corrected chi connectivity index (χ1v) is 20.2. The van der Waals surface area contributed by atoms with E-state index in [9.17, 15) is 0 Å². The van der Waals surface area contributed by atoms with Gasteiger partial charge < -0.3 is 0 Å². The summed E-state index contributed by atoms with van der Waals surface area (Å²) >= 11 is 0. The van der Waals surface area contributed by atoms with Crippen LogP contribution >= 0.6 is 0 Å². The van der Waals surface area contributed by atoms with Crippen LogP contribution in [0.25, 0.3) is 54.9 Å². The van der Waals surface area contributed by atoms with Gasteiger partial charge in [0.1, 0.15) is 0 Å². The van der Waals surface area contributed by atoms with Crippen LogP contribution in [0.5, 0.6) is 0 Å². The number of hydrogen-bond donors (Lipinski definition) is 0. The number of rotatable bonds is 9. The van der Waals surface area contributed by atoms with Gasteiger partial charge in [0.15, 0.2) is 0 Å². The fraction of sp³-hybridized carbons (Fsp3) is 0.0345. The van der Waals surface area contributed by atoms with E-state index in [1.165, 1.54) is 88.3 Å². The van der Waals surface area contributed by atoms with Gasteiger partial charge in [-0.25, -0.2) is 0 Å². The Morgan fingerprint density at radius 1 is 0.190 bits per heavy atom. The van der Waals surface area contributed by atoms with Crippen molar-refractivity contribution in [3.05, 3.63) is 276 Å². The van der Waals surface area contributed by atoms with Crippen LogP contribution in [0.1, 0.15) is 45.2 Å². The van der Waals surface area contributed by atoms with Crippen LogP contribution < -0.4 is 0 Å². The monoisotopic (exact) mass is 738 g/mol. The average Bonchev–Trinajstić information content (AvgIpc) is 3.30. The van der Waals surface area contributed by atoms with E-state index in [4.69, 9.17) is 0 Å². The second-order valence-electron chi connectivity index (χ2n) is 15.2. The van der Waals surface area contributed by atoms with Crippen molar-refractivity contribution in [1.29, 1.82) is 0 Å². The minimum Gasteiger partial charge on any atom is -0.0622 e. The predicted octanol–water partition coefficient (Wildman–Crippen LogP) is 15.4. The zero-order chi connectivity index (χ0) is 38.7. The third kappa shape index (κ3) is 6.91. The van der Waals surface area contributed by atoms with Crippen molar-refractivity contribution in [3.8, 4) is 33.4 Å². The maximum absolute atomic E-state index is 2.31. The van der Waals surface area contributed by atoms with Gasteiger partial charge in [-0.15, -0.1) is 0 Å². The Bertz CT molecular complexity index is 2720. The van der Waals surface area contributed by atoms with Crippen LogP contribution in [-0.4, -0.2) is 0 Å². The SMILES string of the molecule is c1ccc(C(c2ccc(-c3ccc(C(c4ccccc4)c4ccc(-c5cccc6ccccc56)cc4)cc3)cc2)c2ccc(-c3cccc4ccccc34)cc2)cc1. The summed E-state index contributed by atoms with van der Waals surface area (Å²) in [5.74, 6) is 0.246. The molecular weight excluding hydrogens is 697 g/mol. The van der Waals surface area contributed by atoms with Gasteiger partial charge in [-0.1, -0.05) is 243 Å². The molecule has 0 aliphatic rings. The fourth-order valence-electron chi connectivity index (χ4n) is 8.85. The van der Waals surface area contributed by atoms with Crippen LogP contribution in [0.4, 0.5) is 0 Å². The van der Waals surface area contributed by atoms with Crippen molar-refractivity contribution in [2.75, 3.05) is 0 Å². The molecule has 2 atom stereocenters. The van der Waals surface area contributed by atoms with Gasteiger partial charge in [-0.3, -0.25) is 0 Å². The Kier molecular flexibility index (Phi) is 9.51. The zero-order valence-corrected chi connectivity index (χ0v) is 32.2. The molecular formula is C58H42. The van der Waals surface area contributed by atoms with Gasteiger partial charge in [0.2, 0.25) is 0 Å². The summed E-state index contributed by atoms with van der Waals surface area (Å²) in [5.41, 5.74) is 15.1. The molecule has 0 heteroatoms. The van der Waals surface area contributed by atoms with Gasteiger partial charge in [-0.2, -0.15) is 0 Å². The molecule has 2 unspecified atom stereocenters. The summed E-state index contributed by atoms with van der Waals surface area (Å²) in [4.78, 5) is 0. The minimum atomic E-state index is 0.123. The van der Waals surface area contributed by atoms with Crippen molar-refractivity contribution in [2.24, 2.45) is 0 Å². The number of benzene rings is 10. The molecule has 0 aliphatic carbocycles. The molecule has 274 valence electrons. The summed E-state index contributed by atoms with van der Waals surface area (Å²) in [6.07, 6.45) is 0. The first kappa shape index (κ1) is 35.2. The number of fused-ring (bicyclic) bond motifs is 2. The Balaban J connectivity index is 0.938. The van der Waals surface area contributed by atoms with Crippen LogP contribution in [0.2, 0.25) is 0 Å². The molecule has 0 saturated heterocycles. The molecule has 0 spiro atoms. The molecule has 10 aromatic rings. The zero-order valence-electron chi connectivity index (χ0n) is 32.2. The van der Waals surface area contributed by atoms with E-state index in [0.29, 0.717) is 0 Å². The van der Waals surface area contributed by atoms with Gasteiger partial charge in [0, 0.05) is 11.8 Å². The van der Waals surface area contributed by atoms with E-state index < -0.39 is 0 Å². The molecule has 0 aliphatic heterocycles. The van der Waals surface area contributed by atoms with Crippen LogP contribution in [0, 0.1) is 0 Å². The first-order chi connectivity index (χ1) is 28.8. The molecule has 10 aromatic carbocycles. The molecule has 0 bridgehead atoms. The standard InChI is InChI=1S/C58H42/c1-3-15-47(16-4-1)57(51-37-29-45(30-38-51)55-23-11-19-43-13-7-9-21-53(43)55)49-33-25-41(26-34-49)42-27-35-50(36-28-42)58(48-17-5-2-6-18-48)52-39-31-46(32-40-52)56-24-12-20-44-14-8-10-22-54(44)56/h1-40,57-58H. The average molecular weight is 739 g/mol. The van der Waals surface area contributed by atoms with E-state index in [1.807, 2.05) is 0 Å².